The molecule has 0 saturated heterocycles. The molecule has 0 saturated carbocycles. The van der Waals surface area contributed by atoms with E-state index in [1.165, 1.54) is 0 Å². The predicted octanol–water partition coefficient (Wildman–Crippen LogP) is 2.93. The van der Waals surface area contributed by atoms with Crippen molar-refractivity contribution in [2.75, 3.05) is 0 Å². The van der Waals surface area contributed by atoms with Crippen LogP contribution in [0.15, 0.2) is 55.3 Å². The second-order valence-corrected chi connectivity index (χ2v) is 4.97. The number of allylic oxidation sites excluding steroid dienone is 1. The SMILES string of the molecule is C=COC(=O)[C@@H]1CC=CC[C@@H]1NC(=O)OCc1ccccc1. The van der Waals surface area contributed by atoms with Crippen LogP contribution in [0.1, 0.15) is 18.4 Å². The third-order valence-electron chi connectivity index (χ3n) is 3.45. The summed E-state index contributed by atoms with van der Waals surface area (Å²) in [6, 6.07) is 9.07. The fourth-order valence-electron chi connectivity index (χ4n) is 2.32. The second-order valence-electron chi connectivity index (χ2n) is 4.97. The Morgan fingerprint density at radius 2 is 1.95 bits per heavy atom. The minimum atomic E-state index is -0.541. The lowest BCUT2D eigenvalue weighted by Gasteiger charge is -2.26. The van der Waals surface area contributed by atoms with Gasteiger partial charge in [0, 0.05) is 6.04 Å². The summed E-state index contributed by atoms with van der Waals surface area (Å²) < 4.78 is 9.99. The van der Waals surface area contributed by atoms with Crippen molar-refractivity contribution in [2.45, 2.75) is 25.5 Å². The minimum absolute atomic E-state index is 0.191. The molecule has 0 aromatic heterocycles. The molecule has 0 spiro atoms. The van der Waals surface area contributed by atoms with E-state index in [2.05, 4.69) is 11.9 Å². The first-order valence-electron chi connectivity index (χ1n) is 7.14. The standard InChI is InChI=1S/C17H19NO4/c1-2-21-16(19)14-10-6-7-11-15(14)18-17(20)22-12-13-8-4-3-5-9-13/h2-9,14-15H,1,10-12H2,(H,18,20)/t14-,15+/m1/s1. The summed E-state index contributed by atoms with van der Waals surface area (Å²) in [4.78, 5) is 23.7. The predicted molar refractivity (Wildman–Crippen MR) is 81.7 cm³/mol. The van der Waals surface area contributed by atoms with Gasteiger partial charge in [0.2, 0.25) is 0 Å². The molecule has 2 rings (SSSR count). The number of hydrogen-bond acceptors (Lipinski definition) is 4. The third kappa shape index (κ3) is 4.48. The molecule has 0 aliphatic heterocycles. The first-order chi connectivity index (χ1) is 10.7. The number of hydrogen-bond donors (Lipinski definition) is 1. The molecule has 1 N–H and O–H groups in total. The monoisotopic (exact) mass is 301 g/mol. The molecule has 5 heteroatoms. The average Bonchev–Trinajstić information content (AvgIpc) is 2.54. The molecule has 1 aliphatic carbocycles. The number of nitrogens with one attached hydrogen (secondary N) is 1. The number of carbonyl (C=O) groups is 2. The van der Waals surface area contributed by atoms with Gasteiger partial charge in [0.15, 0.2) is 0 Å². The minimum Gasteiger partial charge on any atom is -0.445 e. The molecule has 0 radical (unpaired) electrons. The Balaban J connectivity index is 1.87. The topological polar surface area (TPSA) is 64.6 Å². The van der Waals surface area contributed by atoms with Crippen LogP contribution in [0.3, 0.4) is 0 Å². The summed E-state index contributed by atoms with van der Waals surface area (Å²) in [6.07, 6.45) is 5.49. The van der Waals surface area contributed by atoms with Crippen LogP contribution in [0.25, 0.3) is 0 Å². The Labute approximate surface area is 129 Å². The number of ether oxygens (including phenoxy) is 2. The number of benzene rings is 1. The lowest BCUT2D eigenvalue weighted by atomic mass is 9.89. The number of alkyl carbamates (subject to hydrolysis) is 1. The smallest absolute Gasteiger partial charge is 0.407 e. The number of carbonyl (C=O) groups excluding carboxylic acids is 2. The highest BCUT2D eigenvalue weighted by Gasteiger charge is 2.31. The maximum Gasteiger partial charge on any atom is 0.407 e. The van der Waals surface area contributed by atoms with Crippen molar-refractivity contribution in [1.82, 2.24) is 5.32 Å². The van der Waals surface area contributed by atoms with Crippen molar-refractivity contribution in [2.24, 2.45) is 5.92 Å². The van der Waals surface area contributed by atoms with E-state index in [1.807, 2.05) is 42.5 Å². The van der Waals surface area contributed by atoms with Crippen LogP contribution in [0.4, 0.5) is 4.79 Å². The van der Waals surface area contributed by atoms with Gasteiger partial charge < -0.3 is 14.8 Å². The van der Waals surface area contributed by atoms with Gasteiger partial charge in [-0.25, -0.2) is 4.79 Å². The number of esters is 1. The van der Waals surface area contributed by atoms with Crippen LogP contribution < -0.4 is 5.32 Å². The van der Waals surface area contributed by atoms with Crippen molar-refractivity contribution >= 4 is 12.1 Å². The first kappa shape index (κ1) is 15.8. The summed E-state index contributed by atoms with van der Waals surface area (Å²) in [5.74, 6) is -0.819. The Morgan fingerprint density at radius 3 is 2.68 bits per heavy atom. The molecule has 0 unspecified atom stereocenters. The van der Waals surface area contributed by atoms with E-state index in [0.717, 1.165) is 11.8 Å². The van der Waals surface area contributed by atoms with E-state index in [9.17, 15) is 9.59 Å². The quantitative estimate of drug-likeness (QED) is 0.516. The summed E-state index contributed by atoms with van der Waals surface area (Å²) in [6.45, 7) is 3.56. The molecule has 2 atom stereocenters. The highest BCUT2D eigenvalue weighted by molar-refractivity contribution is 5.76. The molecule has 116 valence electrons. The highest BCUT2D eigenvalue weighted by atomic mass is 16.5. The molecule has 22 heavy (non-hydrogen) atoms. The molecular weight excluding hydrogens is 282 g/mol. The molecule has 0 bridgehead atoms. The van der Waals surface area contributed by atoms with Crippen molar-refractivity contribution < 1.29 is 19.1 Å². The molecular formula is C17H19NO4. The van der Waals surface area contributed by atoms with Gasteiger partial charge in [-0.1, -0.05) is 49.1 Å². The van der Waals surface area contributed by atoms with Crippen molar-refractivity contribution in [3.8, 4) is 0 Å². The number of rotatable bonds is 5. The molecule has 1 aromatic carbocycles. The van der Waals surface area contributed by atoms with Crippen LogP contribution in [-0.4, -0.2) is 18.1 Å². The van der Waals surface area contributed by atoms with Crippen LogP contribution >= 0.6 is 0 Å². The van der Waals surface area contributed by atoms with Crippen LogP contribution in [0.2, 0.25) is 0 Å². The zero-order valence-electron chi connectivity index (χ0n) is 12.2. The van der Waals surface area contributed by atoms with E-state index in [-0.39, 0.29) is 12.6 Å². The van der Waals surface area contributed by atoms with Crippen molar-refractivity contribution in [3.05, 3.63) is 60.9 Å². The number of amides is 1. The fourth-order valence-corrected chi connectivity index (χ4v) is 2.32. The van der Waals surface area contributed by atoms with Crippen LogP contribution in [0.5, 0.6) is 0 Å². The van der Waals surface area contributed by atoms with Crippen LogP contribution in [0, 0.1) is 5.92 Å². The van der Waals surface area contributed by atoms with Gasteiger partial charge in [-0.05, 0) is 18.4 Å². The Morgan fingerprint density at radius 1 is 1.23 bits per heavy atom. The van der Waals surface area contributed by atoms with E-state index in [4.69, 9.17) is 9.47 Å². The van der Waals surface area contributed by atoms with Crippen molar-refractivity contribution in [3.63, 3.8) is 0 Å². The van der Waals surface area contributed by atoms with Gasteiger partial charge >= 0.3 is 12.1 Å². The third-order valence-corrected chi connectivity index (χ3v) is 3.45. The average molecular weight is 301 g/mol. The first-order valence-corrected chi connectivity index (χ1v) is 7.14. The Bertz CT molecular complexity index is 553. The summed E-state index contributed by atoms with van der Waals surface area (Å²) >= 11 is 0. The molecule has 1 aromatic rings. The fraction of sp³-hybridized carbons (Fsp3) is 0.294. The van der Waals surface area contributed by atoms with Gasteiger partial charge in [-0.2, -0.15) is 0 Å². The van der Waals surface area contributed by atoms with Gasteiger partial charge in [0.1, 0.15) is 6.61 Å². The normalized spacial score (nSPS) is 20.0. The van der Waals surface area contributed by atoms with Gasteiger partial charge in [0.25, 0.3) is 0 Å². The highest BCUT2D eigenvalue weighted by Crippen LogP contribution is 2.21. The molecule has 0 heterocycles. The lowest BCUT2D eigenvalue weighted by molar-refractivity contribution is -0.143. The molecule has 1 aliphatic rings. The summed E-state index contributed by atoms with van der Waals surface area (Å²) in [7, 11) is 0. The van der Waals surface area contributed by atoms with Crippen molar-refractivity contribution in [1.29, 1.82) is 0 Å². The second kappa shape index (κ2) is 8.02. The van der Waals surface area contributed by atoms with E-state index in [0.29, 0.717) is 12.8 Å². The van der Waals surface area contributed by atoms with E-state index in [1.54, 1.807) is 0 Å². The Kier molecular flexibility index (Phi) is 5.77. The van der Waals surface area contributed by atoms with Crippen LogP contribution in [-0.2, 0) is 20.9 Å². The lowest BCUT2D eigenvalue weighted by Crippen LogP contribution is -2.44. The summed E-state index contributed by atoms with van der Waals surface area (Å²) in [5.41, 5.74) is 0.906. The maximum absolute atomic E-state index is 11.9. The molecule has 5 nitrogen and oxygen atoms in total. The van der Waals surface area contributed by atoms with Gasteiger partial charge in [-0.15, -0.1) is 0 Å². The summed E-state index contributed by atoms with van der Waals surface area (Å²) in [5, 5.41) is 2.73. The molecule has 0 fully saturated rings. The van der Waals surface area contributed by atoms with E-state index >= 15 is 0 Å². The van der Waals surface area contributed by atoms with Gasteiger partial charge in [-0.3, -0.25) is 4.79 Å². The van der Waals surface area contributed by atoms with E-state index < -0.39 is 18.0 Å². The van der Waals surface area contributed by atoms with Gasteiger partial charge in [0.05, 0.1) is 12.2 Å². The zero-order chi connectivity index (χ0) is 15.8. The Hall–Kier alpha value is -2.56. The molecule has 1 amide bonds. The maximum atomic E-state index is 11.9. The zero-order valence-corrected chi connectivity index (χ0v) is 12.2. The largest absolute Gasteiger partial charge is 0.445 e.